The van der Waals surface area contributed by atoms with Gasteiger partial charge in [-0.1, -0.05) is 52.4 Å². The van der Waals surface area contributed by atoms with Crippen molar-refractivity contribution >= 4 is 5.97 Å². The molecule has 1 heterocycles. The fraction of sp³-hybridized carbons (Fsp3) is 0.645. The fourth-order valence-electron chi connectivity index (χ4n) is 6.13. The zero-order chi connectivity index (χ0) is 24.5. The van der Waals surface area contributed by atoms with Crippen LogP contribution in [0, 0.1) is 17.8 Å². The molecule has 0 radical (unpaired) electrons. The molecule has 0 spiro atoms. The molecule has 1 aromatic heterocycles. The summed E-state index contributed by atoms with van der Waals surface area (Å²) in [5.41, 5.74) is 2.23. The van der Waals surface area contributed by atoms with Crippen LogP contribution in [0.1, 0.15) is 115 Å². The Morgan fingerprint density at radius 2 is 1.43 bits per heavy atom. The summed E-state index contributed by atoms with van der Waals surface area (Å²) in [6, 6.07) is 7.65. The van der Waals surface area contributed by atoms with Crippen molar-refractivity contribution in [2.45, 2.75) is 110 Å². The van der Waals surface area contributed by atoms with Crippen molar-refractivity contribution in [1.29, 1.82) is 0 Å². The van der Waals surface area contributed by atoms with Gasteiger partial charge < -0.3 is 4.74 Å². The molecule has 0 N–H and O–H groups in total. The molecule has 4 rings (SSSR count). The number of aromatic nitrogens is 2. The number of unbranched alkanes of at least 4 members (excludes halogenated alkanes) is 2. The van der Waals surface area contributed by atoms with E-state index in [-0.39, 0.29) is 11.9 Å². The number of benzene rings is 1. The van der Waals surface area contributed by atoms with Gasteiger partial charge in [0.2, 0.25) is 0 Å². The predicted octanol–water partition coefficient (Wildman–Crippen LogP) is 8.51. The largest absolute Gasteiger partial charge is 0.426 e. The maximum Gasteiger partial charge on any atom is 0.314 e. The van der Waals surface area contributed by atoms with E-state index < -0.39 is 0 Å². The molecule has 4 nitrogen and oxygen atoms in total. The number of carbonyl (C=O) groups is 1. The topological polar surface area (TPSA) is 52.1 Å². The van der Waals surface area contributed by atoms with Crippen molar-refractivity contribution in [2.24, 2.45) is 17.8 Å². The Kier molecular flexibility index (Phi) is 9.74. The highest BCUT2D eigenvalue weighted by Gasteiger charge is 2.27. The van der Waals surface area contributed by atoms with E-state index in [0.29, 0.717) is 11.7 Å². The Labute approximate surface area is 212 Å². The smallest absolute Gasteiger partial charge is 0.314 e. The van der Waals surface area contributed by atoms with E-state index in [1.807, 2.05) is 36.7 Å². The lowest BCUT2D eigenvalue weighted by molar-refractivity contribution is -0.140. The molecule has 0 atom stereocenters. The molecule has 0 amide bonds. The van der Waals surface area contributed by atoms with Crippen LogP contribution in [0.25, 0.3) is 11.4 Å². The van der Waals surface area contributed by atoms with Gasteiger partial charge in [-0.05, 0) is 98.9 Å². The lowest BCUT2D eigenvalue weighted by atomic mass is 9.77. The standard InChI is InChI=1S/C31H44N2O2/c1-3-5-6-8-24-9-13-25(14-10-24)28-21-32-30(33-22-28)26-17-19-29(20-18-26)35-31(34)27-15-11-23(7-4-2)12-16-27/h17-25,27H,3-16H2,1-2H3/t23?,24-,25-,27?. The average molecular weight is 477 g/mol. The molecule has 0 unspecified atom stereocenters. The quantitative estimate of drug-likeness (QED) is 0.196. The van der Waals surface area contributed by atoms with Crippen molar-refractivity contribution in [3.05, 3.63) is 42.2 Å². The van der Waals surface area contributed by atoms with E-state index in [1.54, 1.807) is 0 Å². The predicted molar refractivity (Wildman–Crippen MR) is 142 cm³/mol. The average Bonchev–Trinajstić information content (AvgIpc) is 2.90. The van der Waals surface area contributed by atoms with Crippen LogP contribution >= 0.6 is 0 Å². The summed E-state index contributed by atoms with van der Waals surface area (Å²) in [6.07, 6.45) is 21.5. The molecule has 2 aliphatic carbocycles. The van der Waals surface area contributed by atoms with E-state index in [4.69, 9.17) is 4.74 Å². The lowest BCUT2D eigenvalue weighted by Crippen LogP contribution is -2.25. The molecular formula is C31H44N2O2. The molecule has 2 saturated carbocycles. The summed E-state index contributed by atoms with van der Waals surface area (Å²) < 4.78 is 5.70. The second kappa shape index (κ2) is 13.2. The SMILES string of the molecule is CCCCC[C@H]1CC[C@H](c2cnc(-c3ccc(OC(=O)C4CCC(CCC)CC4)cc3)nc2)CC1. The van der Waals surface area contributed by atoms with Crippen LogP contribution < -0.4 is 4.74 Å². The van der Waals surface area contributed by atoms with Gasteiger partial charge >= 0.3 is 5.97 Å². The summed E-state index contributed by atoms with van der Waals surface area (Å²) in [7, 11) is 0. The summed E-state index contributed by atoms with van der Waals surface area (Å²) >= 11 is 0. The van der Waals surface area contributed by atoms with Crippen LogP contribution in [0.2, 0.25) is 0 Å². The van der Waals surface area contributed by atoms with E-state index >= 15 is 0 Å². The second-order valence-electron chi connectivity index (χ2n) is 11.0. The first-order valence-electron chi connectivity index (χ1n) is 14.3. The van der Waals surface area contributed by atoms with Gasteiger partial charge in [0.15, 0.2) is 5.82 Å². The summed E-state index contributed by atoms with van der Waals surface area (Å²) in [5, 5.41) is 0. The van der Waals surface area contributed by atoms with Crippen LogP contribution in [0.3, 0.4) is 0 Å². The number of hydrogen-bond donors (Lipinski definition) is 0. The summed E-state index contributed by atoms with van der Waals surface area (Å²) in [6.45, 7) is 4.52. The first kappa shape index (κ1) is 25.9. The zero-order valence-corrected chi connectivity index (χ0v) is 21.9. The first-order valence-corrected chi connectivity index (χ1v) is 14.3. The van der Waals surface area contributed by atoms with Gasteiger partial charge in [0.25, 0.3) is 0 Å². The van der Waals surface area contributed by atoms with Gasteiger partial charge in [-0.15, -0.1) is 0 Å². The number of ether oxygens (including phenoxy) is 1. The number of nitrogens with zero attached hydrogens (tertiary/aromatic N) is 2. The number of rotatable bonds is 10. The maximum atomic E-state index is 12.6. The van der Waals surface area contributed by atoms with Crippen LogP contribution in [0.4, 0.5) is 0 Å². The van der Waals surface area contributed by atoms with E-state index in [9.17, 15) is 4.79 Å². The monoisotopic (exact) mass is 476 g/mol. The molecule has 2 aromatic rings. The van der Waals surface area contributed by atoms with Gasteiger partial charge in [0.1, 0.15) is 5.75 Å². The molecule has 0 bridgehead atoms. The van der Waals surface area contributed by atoms with Gasteiger partial charge in [-0.25, -0.2) is 9.97 Å². The minimum atomic E-state index is -0.0756. The van der Waals surface area contributed by atoms with Gasteiger partial charge in [0, 0.05) is 18.0 Å². The third-order valence-electron chi connectivity index (χ3n) is 8.41. The highest BCUT2D eigenvalue weighted by molar-refractivity contribution is 5.75. The Morgan fingerprint density at radius 3 is 2.06 bits per heavy atom. The molecule has 0 aliphatic heterocycles. The third-order valence-corrected chi connectivity index (χ3v) is 8.41. The summed E-state index contributed by atoms with van der Waals surface area (Å²) in [4.78, 5) is 22.0. The fourth-order valence-corrected chi connectivity index (χ4v) is 6.13. The van der Waals surface area contributed by atoms with Crippen molar-refractivity contribution < 1.29 is 9.53 Å². The Bertz CT molecular complexity index is 893. The Hall–Kier alpha value is -2.23. The lowest BCUT2D eigenvalue weighted by Gasteiger charge is -2.28. The minimum Gasteiger partial charge on any atom is -0.426 e. The van der Waals surface area contributed by atoms with Crippen molar-refractivity contribution in [2.75, 3.05) is 0 Å². The highest BCUT2D eigenvalue weighted by atomic mass is 16.5. The third kappa shape index (κ3) is 7.38. The van der Waals surface area contributed by atoms with Crippen LogP contribution in [0.15, 0.2) is 36.7 Å². The zero-order valence-electron chi connectivity index (χ0n) is 21.9. The van der Waals surface area contributed by atoms with Crippen LogP contribution in [-0.4, -0.2) is 15.9 Å². The van der Waals surface area contributed by atoms with Crippen LogP contribution in [-0.2, 0) is 4.79 Å². The van der Waals surface area contributed by atoms with Crippen LogP contribution in [0.5, 0.6) is 5.75 Å². The van der Waals surface area contributed by atoms with Gasteiger partial charge in [-0.2, -0.15) is 0 Å². The molecule has 1 aromatic carbocycles. The van der Waals surface area contributed by atoms with Crippen molar-refractivity contribution in [3.63, 3.8) is 0 Å². The number of hydrogen-bond acceptors (Lipinski definition) is 4. The normalized spacial score (nSPS) is 24.7. The molecule has 2 fully saturated rings. The molecule has 190 valence electrons. The van der Waals surface area contributed by atoms with Gasteiger partial charge in [-0.3, -0.25) is 4.79 Å². The number of esters is 1. The molecular weight excluding hydrogens is 432 g/mol. The van der Waals surface area contributed by atoms with E-state index in [0.717, 1.165) is 48.9 Å². The van der Waals surface area contributed by atoms with E-state index in [2.05, 4.69) is 23.8 Å². The summed E-state index contributed by atoms with van der Waals surface area (Å²) in [5.74, 6) is 3.63. The molecule has 35 heavy (non-hydrogen) atoms. The van der Waals surface area contributed by atoms with Gasteiger partial charge in [0.05, 0.1) is 5.92 Å². The number of carbonyl (C=O) groups excluding carboxylic acids is 1. The Balaban J connectivity index is 1.25. The first-order chi connectivity index (χ1) is 17.2. The Morgan fingerprint density at radius 1 is 0.800 bits per heavy atom. The molecule has 2 aliphatic rings. The second-order valence-corrected chi connectivity index (χ2v) is 11.0. The van der Waals surface area contributed by atoms with Crippen molar-refractivity contribution in [3.8, 4) is 17.1 Å². The minimum absolute atomic E-state index is 0.0464. The van der Waals surface area contributed by atoms with Crippen molar-refractivity contribution in [1.82, 2.24) is 9.97 Å². The van der Waals surface area contributed by atoms with E-state index in [1.165, 1.54) is 69.8 Å². The molecule has 0 saturated heterocycles. The molecule has 4 heteroatoms. The maximum absolute atomic E-state index is 12.6. The highest BCUT2D eigenvalue weighted by Crippen LogP contribution is 2.37.